The molecule has 4 rings (SSSR count). The van der Waals surface area contributed by atoms with Gasteiger partial charge in [0.05, 0.1) is 26.4 Å². The fraction of sp³-hybridized carbons (Fsp3) is 0.333. The van der Waals surface area contributed by atoms with Gasteiger partial charge in [0.25, 0.3) is 0 Å². The van der Waals surface area contributed by atoms with E-state index >= 15 is 0 Å². The van der Waals surface area contributed by atoms with Crippen LogP contribution in [0, 0.1) is 0 Å². The minimum Gasteiger partial charge on any atom is -0.387 e. The third-order valence-corrected chi connectivity index (χ3v) is 5.60. The average Bonchev–Trinajstić information content (AvgIpc) is 2.86. The molecule has 3 aromatic rings. The maximum Gasteiger partial charge on any atom is 0.184 e. The highest BCUT2D eigenvalue weighted by molar-refractivity contribution is 5.15. The molecule has 174 valence electrons. The van der Waals surface area contributed by atoms with Crippen LogP contribution in [0.4, 0.5) is 0 Å². The molecule has 0 spiro atoms. The van der Waals surface area contributed by atoms with Crippen LogP contribution in [0.2, 0.25) is 0 Å². The van der Waals surface area contributed by atoms with Crippen molar-refractivity contribution in [1.29, 1.82) is 0 Å². The Morgan fingerprint density at radius 1 is 0.606 bits per heavy atom. The summed E-state index contributed by atoms with van der Waals surface area (Å²) in [6.45, 7) is 1.04. The Morgan fingerprint density at radius 3 is 1.58 bits per heavy atom. The topological polar surface area (TPSA) is 77.4 Å². The molecule has 0 aromatic heterocycles. The molecule has 6 heteroatoms. The number of hydrogen-bond donors (Lipinski definition) is 2. The molecule has 0 unspecified atom stereocenters. The number of aliphatic hydroxyl groups excluding tert-OH is 2. The van der Waals surface area contributed by atoms with Gasteiger partial charge in [0.2, 0.25) is 0 Å². The van der Waals surface area contributed by atoms with E-state index in [2.05, 4.69) is 0 Å². The Morgan fingerprint density at radius 2 is 1.06 bits per heavy atom. The molecule has 0 saturated carbocycles. The first-order chi connectivity index (χ1) is 16.2. The van der Waals surface area contributed by atoms with Gasteiger partial charge in [-0.15, -0.1) is 0 Å². The van der Waals surface area contributed by atoms with Gasteiger partial charge in [-0.25, -0.2) is 0 Å². The monoisotopic (exact) mass is 450 g/mol. The van der Waals surface area contributed by atoms with Crippen molar-refractivity contribution in [2.24, 2.45) is 0 Å². The number of rotatable bonds is 10. The summed E-state index contributed by atoms with van der Waals surface area (Å²) in [7, 11) is 0. The summed E-state index contributed by atoms with van der Waals surface area (Å²) in [4.78, 5) is 0. The van der Waals surface area contributed by atoms with Crippen LogP contribution in [-0.2, 0) is 38.8 Å². The van der Waals surface area contributed by atoms with Crippen molar-refractivity contribution in [2.75, 3.05) is 6.61 Å². The second-order valence-electron chi connectivity index (χ2n) is 8.08. The van der Waals surface area contributed by atoms with Crippen molar-refractivity contribution in [3.05, 3.63) is 108 Å². The van der Waals surface area contributed by atoms with Crippen molar-refractivity contribution in [1.82, 2.24) is 0 Å². The third-order valence-electron chi connectivity index (χ3n) is 5.60. The molecule has 2 N–H and O–H groups in total. The first kappa shape index (κ1) is 23.6. The lowest BCUT2D eigenvalue weighted by molar-refractivity contribution is -0.309. The van der Waals surface area contributed by atoms with Gasteiger partial charge in [0.15, 0.2) is 6.29 Å². The first-order valence-corrected chi connectivity index (χ1v) is 11.1. The van der Waals surface area contributed by atoms with E-state index in [-0.39, 0.29) is 19.8 Å². The summed E-state index contributed by atoms with van der Waals surface area (Å²) < 4.78 is 23.5. The van der Waals surface area contributed by atoms with Crippen LogP contribution in [0.5, 0.6) is 0 Å². The van der Waals surface area contributed by atoms with E-state index in [0.29, 0.717) is 6.61 Å². The molecule has 1 fully saturated rings. The normalized spacial score (nSPS) is 25.1. The molecule has 1 aliphatic rings. The quantitative estimate of drug-likeness (QED) is 0.493. The van der Waals surface area contributed by atoms with E-state index in [1.165, 1.54) is 0 Å². The molecular formula is C27H30O6. The zero-order chi connectivity index (χ0) is 22.9. The van der Waals surface area contributed by atoms with Crippen molar-refractivity contribution in [3.8, 4) is 0 Å². The zero-order valence-electron chi connectivity index (χ0n) is 18.4. The summed E-state index contributed by atoms with van der Waals surface area (Å²) in [5.74, 6) is 0. The fourth-order valence-electron chi connectivity index (χ4n) is 3.81. The number of benzene rings is 3. The smallest absolute Gasteiger partial charge is 0.184 e. The minimum absolute atomic E-state index is 0.115. The van der Waals surface area contributed by atoms with Crippen LogP contribution in [0.25, 0.3) is 0 Å². The van der Waals surface area contributed by atoms with E-state index in [1.54, 1.807) is 0 Å². The summed E-state index contributed by atoms with van der Waals surface area (Å²) >= 11 is 0. The Kier molecular flexibility index (Phi) is 8.60. The van der Waals surface area contributed by atoms with Crippen molar-refractivity contribution in [3.63, 3.8) is 0 Å². The highest BCUT2D eigenvalue weighted by Gasteiger charge is 2.46. The van der Waals surface area contributed by atoms with E-state index in [1.807, 2.05) is 91.0 Å². The highest BCUT2D eigenvalue weighted by Crippen LogP contribution is 2.27. The molecule has 1 heterocycles. The number of ether oxygens (including phenoxy) is 4. The van der Waals surface area contributed by atoms with Crippen LogP contribution in [0.1, 0.15) is 16.7 Å². The second-order valence-corrected chi connectivity index (χ2v) is 8.08. The van der Waals surface area contributed by atoms with Crippen molar-refractivity contribution < 1.29 is 29.2 Å². The molecule has 0 radical (unpaired) electrons. The standard InChI is InChI=1S/C27H30O6/c28-24-23(19-30-16-20-10-4-1-5-11-20)33-27(29)26(32-18-22-14-8-3-9-15-22)25(24)31-17-21-12-6-2-7-13-21/h1-15,23-29H,16-19H2/t23-,24+,25+,26-,27-/m1/s1. The summed E-state index contributed by atoms with van der Waals surface area (Å²) in [6.07, 6.45) is -4.68. The first-order valence-electron chi connectivity index (χ1n) is 11.1. The van der Waals surface area contributed by atoms with Gasteiger partial charge in [-0.3, -0.25) is 0 Å². The van der Waals surface area contributed by atoms with E-state index in [0.717, 1.165) is 16.7 Å². The van der Waals surface area contributed by atoms with Gasteiger partial charge in [-0.1, -0.05) is 91.0 Å². The zero-order valence-corrected chi connectivity index (χ0v) is 18.4. The average molecular weight is 451 g/mol. The highest BCUT2D eigenvalue weighted by atomic mass is 16.7. The lowest BCUT2D eigenvalue weighted by atomic mass is 9.98. The molecule has 0 bridgehead atoms. The molecule has 0 aliphatic carbocycles. The third kappa shape index (κ3) is 6.71. The summed E-state index contributed by atoms with van der Waals surface area (Å²) in [6, 6.07) is 29.1. The molecule has 0 amide bonds. The van der Waals surface area contributed by atoms with Crippen LogP contribution >= 0.6 is 0 Å². The van der Waals surface area contributed by atoms with Gasteiger partial charge < -0.3 is 29.2 Å². The SMILES string of the molecule is O[C@@H]1[C@H](OCc2ccccc2)[C@@H](OCc2ccccc2)[C@H](O)O[C@@H]1COCc1ccccc1. The molecule has 3 aromatic carbocycles. The van der Waals surface area contributed by atoms with Gasteiger partial charge in [-0.2, -0.15) is 0 Å². The molecule has 33 heavy (non-hydrogen) atoms. The lowest BCUT2D eigenvalue weighted by Gasteiger charge is -2.42. The maximum atomic E-state index is 11.1. The molecule has 1 saturated heterocycles. The van der Waals surface area contributed by atoms with Gasteiger partial charge in [-0.05, 0) is 16.7 Å². The molecule has 6 nitrogen and oxygen atoms in total. The molecule has 1 aliphatic heterocycles. The van der Waals surface area contributed by atoms with E-state index < -0.39 is 30.7 Å². The van der Waals surface area contributed by atoms with E-state index in [9.17, 15) is 10.2 Å². The van der Waals surface area contributed by atoms with Crippen molar-refractivity contribution >= 4 is 0 Å². The predicted octanol–water partition coefficient (Wildman–Crippen LogP) is 3.45. The molecular weight excluding hydrogens is 420 g/mol. The van der Waals surface area contributed by atoms with Gasteiger partial charge >= 0.3 is 0 Å². The fourth-order valence-corrected chi connectivity index (χ4v) is 3.81. The predicted molar refractivity (Wildman–Crippen MR) is 123 cm³/mol. The Balaban J connectivity index is 1.41. The Bertz CT molecular complexity index is 937. The molecule has 5 atom stereocenters. The van der Waals surface area contributed by atoms with Crippen LogP contribution in [0.3, 0.4) is 0 Å². The second kappa shape index (κ2) is 12.0. The minimum atomic E-state index is -1.26. The van der Waals surface area contributed by atoms with Crippen LogP contribution < -0.4 is 0 Å². The number of aliphatic hydroxyl groups is 2. The number of hydrogen-bond acceptors (Lipinski definition) is 6. The summed E-state index contributed by atoms with van der Waals surface area (Å²) in [5, 5.41) is 21.8. The van der Waals surface area contributed by atoms with Crippen LogP contribution in [-0.4, -0.2) is 47.5 Å². The Hall–Kier alpha value is -2.58. The maximum absolute atomic E-state index is 11.1. The van der Waals surface area contributed by atoms with Crippen LogP contribution in [0.15, 0.2) is 91.0 Å². The summed E-state index contributed by atoms with van der Waals surface area (Å²) in [5.41, 5.74) is 2.93. The van der Waals surface area contributed by atoms with E-state index in [4.69, 9.17) is 18.9 Å². The lowest BCUT2D eigenvalue weighted by Crippen LogP contribution is -2.60. The van der Waals surface area contributed by atoms with Gasteiger partial charge in [0.1, 0.15) is 24.4 Å². The largest absolute Gasteiger partial charge is 0.387 e. The van der Waals surface area contributed by atoms with Crippen molar-refractivity contribution in [2.45, 2.75) is 50.5 Å². The van der Waals surface area contributed by atoms with Gasteiger partial charge in [0, 0.05) is 0 Å². The Labute approximate surface area is 194 Å².